The number of carbonyl (C=O) groups excluding carboxylic acids is 1. The molecule has 1 saturated carbocycles. The number of ether oxygens (including phenoxy) is 1. The van der Waals surface area contributed by atoms with E-state index in [0.29, 0.717) is 22.5 Å². The van der Waals surface area contributed by atoms with Crippen LogP contribution in [0.4, 0.5) is 5.69 Å². The van der Waals surface area contributed by atoms with Crippen molar-refractivity contribution in [1.82, 2.24) is 5.32 Å². The monoisotopic (exact) mass is 338 g/mol. The van der Waals surface area contributed by atoms with Gasteiger partial charge in [-0.25, -0.2) is 0 Å². The molecule has 1 aliphatic rings. The van der Waals surface area contributed by atoms with E-state index in [0.717, 1.165) is 12.8 Å². The van der Waals surface area contributed by atoms with Crippen LogP contribution in [0.2, 0.25) is 5.02 Å². The Morgan fingerprint density at radius 1 is 1.22 bits per heavy atom. The number of halogens is 1. The number of nitrogens with one attached hydrogen (secondary N) is 2. The van der Waals surface area contributed by atoms with Gasteiger partial charge in [-0.05, 0) is 38.0 Å². The molecule has 2 N–H and O–H groups in total. The lowest BCUT2D eigenvalue weighted by Crippen LogP contribution is -2.44. The zero-order valence-corrected chi connectivity index (χ0v) is 14.8. The molecule has 2 rings (SSSR count). The third-order valence-electron chi connectivity index (χ3n) is 4.40. The van der Waals surface area contributed by atoms with E-state index in [1.165, 1.54) is 32.1 Å². The lowest BCUT2D eigenvalue weighted by molar-refractivity contribution is -0.118. The fraction of sp³-hybridized carbons (Fsp3) is 0.611. The first-order chi connectivity index (χ1) is 11.1. The summed E-state index contributed by atoms with van der Waals surface area (Å²) in [4.78, 5) is 12.4. The van der Waals surface area contributed by atoms with E-state index in [1.54, 1.807) is 25.3 Å². The van der Waals surface area contributed by atoms with E-state index in [2.05, 4.69) is 10.6 Å². The van der Waals surface area contributed by atoms with Crippen LogP contribution in [0.1, 0.15) is 51.9 Å². The van der Waals surface area contributed by atoms with Gasteiger partial charge in [0.15, 0.2) is 0 Å². The maximum atomic E-state index is 12.4. The number of hydrogen-bond donors (Lipinski definition) is 2. The number of carbonyl (C=O) groups is 1. The summed E-state index contributed by atoms with van der Waals surface area (Å²) in [7, 11) is 1.57. The van der Waals surface area contributed by atoms with Crippen molar-refractivity contribution in [2.24, 2.45) is 0 Å². The van der Waals surface area contributed by atoms with Crippen LogP contribution in [0.3, 0.4) is 0 Å². The Kier molecular flexibility index (Phi) is 7.18. The third-order valence-corrected chi connectivity index (χ3v) is 4.70. The molecule has 0 spiro atoms. The molecule has 0 unspecified atom stereocenters. The van der Waals surface area contributed by atoms with Gasteiger partial charge in [-0.1, -0.05) is 43.7 Å². The van der Waals surface area contributed by atoms with E-state index < -0.39 is 0 Å². The quantitative estimate of drug-likeness (QED) is 0.837. The highest BCUT2D eigenvalue weighted by Gasteiger charge is 2.19. The number of methoxy groups -OCH3 is 1. The standard InChI is InChI=1S/C18H27ClN2O2/c1-13(20-14-8-6-4-3-5-7-9-14)18(22)21-15-10-11-17(23-2)16(19)12-15/h10-14,20H,3-9H2,1-2H3,(H,21,22)/t13-/m0/s1. The highest BCUT2D eigenvalue weighted by Crippen LogP contribution is 2.27. The summed E-state index contributed by atoms with van der Waals surface area (Å²) >= 11 is 6.09. The summed E-state index contributed by atoms with van der Waals surface area (Å²) in [6, 6.07) is 5.48. The highest BCUT2D eigenvalue weighted by atomic mass is 35.5. The van der Waals surface area contributed by atoms with Gasteiger partial charge in [-0.2, -0.15) is 0 Å². The molecule has 128 valence electrons. The molecule has 1 amide bonds. The molecule has 0 radical (unpaired) electrons. The van der Waals surface area contributed by atoms with E-state index in [9.17, 15) is 4.79 Å². The number of anilines is 1. The second-order valence-electron chi connectivity index (χ2n) is 6.27. The van der Waals surface area contributed by atoms with Gasteiger partial charge in [0.1, 0.15) is 5.75 Å². The van der Waals surface area contributed by atoms with E-state index in [1.807, 2.05) is 6.92 Å². The van der Waals surface area contributed by atoms with Crippen LogP contribution in [0.5, 0.6) is 5.75 Å². The Labute approximate surface area is 143 Å². The van der Waals surface area contributed by atoms with Crippen LogP contribution in [-0.2, 0) is 4.79 Å². The number of hydrogen-bond acceptors (Lipinski definition) is 3. The predicted octanol–water partition coefficient (Wildman–Crippen LogP) is 4.38. The van der Waals surface area contributed by atoms with Crippen LogP contribution in [0.15, 0.2) is 18.2 Å². The van der Waals surface area contributed by atoms with Crippen LogP contribution < -0.4 is 15.4 Å². The summed E-state index contributed by atoms with van der Waals surface area (Å²) in [6.45, 7) is 1.92. The largest absolute Gasteiger partial charge is 0.495 e. The number of rotatable bonds is 5. The van der Waals surface area contributed by atoms with Crippen molar-refractivity contribution in [3.63, 3.8) is 0 Å². The summed E-state index contributed by atoms with van der Waals surface area (Å²) in [5, 5.41) is 6.88. The van der Waals surface area contributed by atoms with Gasteiger partial charge in [-0.3, -0.25) is 4.79 Å². The topological polar surface area (TPSA) is 50.4 Å². The van der Waals surface area contributed by atoms with Crippen molar-refractivity contribution in [2.75, 3.05) is 12.4 Å². The predicted molar refractivity (Wildman–Crippen MR) is 95.3 cm³/mol. The maximum absolute atomic E-state index is 12.4. The maximum Gasteiger partial charge on any atom is 0.241 e. The van der Waals surface area contributed by atoms with Crippen LogP contribution >= 0.6 is 11.6 Å². The first kappa shape index (κ1) is 18.1. The molecule has 0 aromatic heterocycles. The zero-order chi connectivity index (χ0) is 16.7. The Morgan fingerprint density at radius 2 is 1.87 bits per heavy atom. The minimum Gasteiger partial charge on any atom is -0.495 e. The van der Waals surface area contributed by atoms with Gasteiger partial charge in [0.05, 0.1) is 18.2 Å². The minimum atomic E-state index is -0.222. The van der Waals surface area contributed by atoms with Gasteiger partial charge in [0, 0.05) is 11.7 Å². The lowest BCUT2D eigenvalue weighted by atomic mass is 9.96. The van der Waals surface area contributed by atoms with Crippen molar-refractivity contribution in [1.29, 1.82) is 0 Å². The van der Waals surface area contributed by atoms with Crippen LogP contribution in [-0.4, -0.2) is 25.1 Å². The molecule has 1 aromatic carbocycles. The van der Waals surface area contributed by atoms with E-state index >= 15 is 0 Å². The Hall–Kier alpha value is -1.26. The van der Waals surface area contributed by atoms with Crippen molar-refractivity contribution in [3.05, 3.63) is 23.2 Å². The number of amides is 1. The van der Waals surface area contributed by atoms with Crippen molar-refractivity contribution in [2.45, 2.75) is 64.0 Å². The minimum absolute atomic E-state index is 0.0340. The second-order valence-corrected chi connectivity index (χ2v) is 6.68. The van der Waals surface area contributed by atoms with Gasteiger partial charge in [0.25, 0.3) is 0 Å². The molecule has 0 aliphatic heterocycles. The van der Waals surface area contributed by atoms with Crippen molar-refractivity contribution in [3.8, 4) is 5.75 Å². The van der Waals surface area contributed by atoms with Crippen LogP contribution in [0.25, 0.3) is 0 Å². The van der Waals surface area contributed by atoms with Gasteiger partial charge in [-0.15, -0.1) is 0 Å². The highest BCUT2D eigenvalue weighted by molar-refractivity contribution is 6.32. The molecule has 1 fully saturated rings. The summed E-state index contributed by atoms with van der Waals surface area (Å²) < 4.78 is 5.12. The lowest BCUT2D eigenvalue weighted by Gasteiger charge is -2.24. The van der Waals surface area contributed by atoms with E-state index in [4.69, 9.17) is 16.3 Å². The molecular formula is C18H27ClN2O2. The SMILES string of the molecule is COc1ccc(NC(=O)[C@H](C)NC2CCCCCCC2)cc1Cl. The summed E-state index contributed by atoms with van der Waals surface area (Å²) in [5.74, 6) is 0.568. The molecule has 1 aliphatic carbocycles. The van der Waals surface area contributed by atoms with Crippen molar-refractivity contribution >= 4 is 23.2 Å². The number of benzene rings is 1. The summed E-state index contributed by atoms with van der Waals surface area (Å²) in [6.07, 6.45) is 8.78. The first-order valence-electron chi connectivity index (χ1n) is 8.50. The fourth-order valence-corrected chi connectivity index (χ4v) is 3.30. The van der Waals surface area contributed by atoms with Gasteiger partial charge < -0.3 is 15.4 Å². The normalized spacial score (nSPS) is 17.9. The Bertz CT molecular complexity index is 514. The van der Waals surface area contributed by atoms with Crippen LogP contribution in [0, 0.1) is 0 Å². The molecule has 1 aromatic rings. The summed E-state index contributed by atoms with van der Waals surface area (Å²) in [5.41, 5.74) is 0.687. The molecule has 0 heterocycles. The Morgan fingerprint density at radius 3 is 2.48 bits per heavy atom. The molecule has 0 bridgehead atoms. The smallest absolute Gasteiger partial charge is 0.241 e. The average molecular weight is 339 g/mol. The first-order valence-corrected chi connectivity index (χ1v) is 8.88. The molecule has 4 nitrogen and oxygen atoms in total. The van der Waals surface area contributed by atoms with E-state index in [-0.39, 0.29) is 11.9 Å². The van der Waals surface area contributed by atoms with Gasteiger partial charge in [0.2, 0.25) is 5.91 Å². The van der Waals surface area contributed by atoms with Crippen molar-refractivity contribution < 1.29 is 9.53 Å². The Balaban J connectivity index is 1.87. The molecule has 1 atom stereocenters. The zero-order valence-electron chi connectivity index (χ0n) is 14.0. The molecule has 0 saturated heterocycles. The van der Waals surface area contributed by atoms with Gasteiger partial charge >= 0.3 is 0 Å². The third kappa shape index (κ3) is 5.70. The molecule has 23 heavy (non-hydrogen) atoms. The average Bonchev–Trinajstić information content (AvgIpc) is 2.50. The second kappa shape index (κ2) is 9.14. The fourth-order valence-electron chi connectivity index (χ4n) is 3.05. The molecule has 5 heteroatoms. The molecular weight excluding hydrogens is 312 g/mol.